The fourth-order valence-corrected chi connectivity index (χ4v) is 3.37. The number of hydrogen-bond donors (Lipinski definition) is 1. The van der Waals surface area contributed by atoms with E-state index in [2.05, 4.69) is 5.32 Å². The number of esters is 1. The Morgan fingerprint density at radius 3 is 2.47 bits per heavy atom. The zero-order chi connectivity index (χ0) is 21.8. The molecule has 2 amide bonds. The number of amides is 2. The van der Waals surface area contributed by atoms with Crippen molar-refractivity contribution in [2.75, 3.05) is 23.4 Å². The molecule has 1 aliphatic heterocycles. The van der Waals surface area contributed by atoms with Crippen LogP contribution in [0.4, 0.5) is 11.4 Å². The molecule has 1 saturated heterocycles. The summed E-state index contributed by atoms with van der Waals surface area (Å²) in [4.78, 5) is 49.7. The smallest absolute Gasteiger partial charge is 0.311 e. The Balaban J connectivity index is 1.53. The van der Waals surface area contributed by atoms with Crippen LogP contribution in [0.25, 0.3) is 0 Å². The number of carbonyl (C=O) groups is 4. The van der Waals surface area contributed by atoms with Crippen molar-refractivity contribution in [3.8, 4) is 0 Å². The van der Waals surface area contributed by atoms with E-state index in [0.717, 1.165) is 16.8 Å². The quantitative estimate of drug-likeness (QED) is 0.586. The number of ether oxygens (including phenoxy) is 1. The predicted octanol–water partition coefficient (Wildman–Crippen LogP) is 3.04. The van der Waals surface area contributed by atoms with E-state index in [1.807, 2.05) is 32.0 Å². The molecule has 0 aliphatic carbocycles. The van der Waals surface area contributed by atoms with Crippen LogP contribution in [0.2, 0.25) is 0 Å². The number of Topliss-reactive ketones (excluding diaryl/α,β-unsaturated/α-hetero) is 1. The van der Waals surface area contributed by atoms with Gasteiger partial charge in [-0.05, 0) is 62.2 Å². The molecule has 0 unspecified atom stereocenters. The molecule has 0 saturated carbocycles. The third kappa shape index (κ3) is 4.74. The second-order valence-electron chi connectivity index (χ2n) is 7.41. The first kappa shape index (κ1) is 21.2. The molecule has 0 spiro atoms. The van der Waals surface area contributed by atoms with Crippen LogP contribution in [-0.2, 0) is 19.1 Å². The van der Waals surface area contributed by atoms with Crippen molar-refractivity contribution in [2.45, 2.75) is 27.2 Å². The van der Waals surface area contributed by atoms with Gasteiger partial charge in [0.15, 0.2) is 12.4 Å². The van der Waals surface area contributed by atoms with Crippen LogP contribution in [0.1, 0.15) is 34.8 Å². The second kappa shape index (κ2) is 8.90. The van der Waals surface area contributed by atoms with Gasteiger partial charge < -0.3 is 15.0 Å². The zero-order valence-corrected chi connectivity index (χ0v) is 17.2. The minimum absolute atomic E-state index is 0.0559. The Hall–Kier alpha value is -3.48. The lowest BCUT2D eigenvalue weighted by molar-refractivity contribution is -0.151. The monoisotopic (exact) mass is 408 g/mol. The third-order valence-corrected chi connectivity index (χ3v) is 5.25. The maximum Gasteiger partial charge on any atom is 0.311 e. The first-order chi connectivity index (χ1) is 14.3. The number of benzene rings is 2. The van der Waals surface area contributed by atoms with E-state index in [0.29, 0.717) is 11.3 Å². The molecule has 1 aliphatic rings. The number of nitrogens with zero attached hydrogens (tertiary/aromatic N) is 1. The molecule has 7 nitrogen and oxygen atoms in total. The van der Waals surface area contributed by atoms with Crippen LogP contribution in [0, 0.1) is 19.8 Å². The molecule has 30 heavy (non-hydrogen) atoms. The predicted molar refractivity (Wildman–Crippen MR) is 112 cm³/mol. The summed E-state index contributed by atoms with van der Waals surface area (Å²) in [7, 11) is 0. The first-order valence-electron chi connectivity index (χ1n) is 9.70. The van der Waals surface area contributed by atoms with Crippen LogP contribution in [-0.4, -0.2) is 36.7 Å². The van der Waals surface area contributed by atoms with Crippen molar-refractivity contribution in [3.05, 3.63) is 59.2 Å². The van der Waals surface area contributed by atoms with E-state index >= 15 is 0 Å². The Morgan fingerprint density at radius 2 is 1.80 bits per heavy atom. The van der Waals surface area contributed by atoms with E-state index in [1.54, 1.807) is 29.2 Å². The Labute approximate surface area is 175 Å². The first-order valence-corrected chi connectivity index (χ1v) is 9.70. The summed E-state index contributed by atoms with van der Waals surface area (Å²) in [6, 6.07) is 12.1. The van der Waals surface area contributed by atoms with Gasteiger partial charge in [-0.25, -0.2) is 0 Å². The summed E-state index contributed by atoms with van der Waals surface area (Å²) in [5, 5.41) is 2.61. The maximum absolute atomic E-state index is 12.4. The standard InChI is InChI=1S/C23H24N2O5/c1-14-5-4-6-20(15(14)2)25-12-18(11-22(25)28)23(29)30-13-21(27)24-19-9-7-17(8-10-19)16(3)26/h4-10,18H,11-13H2,1-3H3,(H,24,27)/t18-/m1/s1. The highest BCUT2D eigenvalue weighted by molar-refractivity contribution is 6.00. The van der Waals surface area contributed by atoms with Gasteiger partial charge in [-0.3, -0.25) is 19.2 Å². The molecule has 2 aromatic carbocycles. The van der Waals surface area contributed by atoms with Crippen LogP contribution in [0.5, 0.6) is 0 Å². The molecule has 1 atom stereocenters. The SMILES string of the molecule is CC(=O)c1ccc(NC(=O)COC(=O)[C@@H]2CC(=O)N(c3cccc(C)c3C)C2)cc1. The van der Waals surface area contributed by atoms with Crippen molar-refractivity contribution in [1.29, 1.82) is 0 Å². The van der Waals surface area contributed by atoms with Crippen LogP contribution in [0.3, 0.4) is 0 Å². The van der Waals surface area contributed by atoms with Crippen LogP contribution >= 0.6 is 0 Å². The van der Waals surface area contributed by atoms with Gasteiger partial charge in [-0.1, -0.05) is 12.1 Å². The van der Waals surface area contributed by atoms with Gasteiger partial charge in [0.1, 0.15) is 0 Å². The number of anilines is 2. The van der Waals surface area contributed by atoms with Gasteiger partial charge in [0.25, 0.3) is 5.91 Å². The third-order valence-electron chi connectivity index (χ3n) is 5.25. The maximum atomic E-state index is 12.4. The van der Waals surface area contributed by atoms with Gasteiger partial charge >= 0.3 is 5.97 Å². The molecule has 2 aromatic rings. The molecule has 0 radical (unpaired) electrons. The normalized spacial score (nSPS) is 15.8. The Kier molecular flexibility index (Phi) is 6.30. The van der Waals surface area contributed by atoms with Crippen molar-refractivity contribution in [3.63, 3.8) is 0 Å². The molecular weight excluding hydrogens is 384 g/mol. The Morgan fingerprint density at radius 1 is 1.10 bits per heavy atom. The molecular formula is C23H24N2O5. The summed E-state index contributed by atoms with van der Waals surface area (Å²) < 4.78 is 5.12. The fraction of sp³-hybridized carbons (Fsp3) is 0.304. The van der Waals surface area contributed by atoms with Gasteiger partial charge in [-0.15, -0.1) is 0 Å². The van der Waals surface area contributed by atoms with Crippen molar-refractivity contribution in [2.24, 2.45) is 5.92 Å². The number of nitrogens with one attached hydrogen (secondary N) is 1. The van der Waals surface area contributed by atoms with Crippen LogP contribution < -0.4 is 10.2 Å². The lowest BCUT2D eigenvalue weighted by Gasteiger charge is -2.20. The molecule has 1 N–H and O–H groups in total. The Bertz CT molecular complexity index is 997. The number of rotatable bonds is 6. The molecule has 1 fully saturated rings. The second-order valence-corrected chi connectivity index (χ2v) is 7.41. The molecule has 156 valence electrons. The molecule has 0 aromatic heterocycles. The fourth-order valence-electron chi connectivity index (χ4n) is 3.37. The van der Waals surface area contributed by atoms with E-state index in [-0.39, 0.29) is 24.7 Å². The van der Waals surface area contributed by atoms with Gasteiger partial charge in [0, 0.05) is 29.9 Å². The van der Waals surface area contributed by atoms with E-state index < -0.39 is 24.4 Å². The minimum Gasteiger partial charge on any atom is -0.455 e. The zero-order valence-electron chi connectivity index (χ0n) is 17.2. The molecule has 7 heteroatoms. The topological polar surface area (TPSA) is 92.8 Å². The van der Waals surface area contributed by atoms with Crippen LogP contribution in [0.15, 0.2) is 42.5 Å². The van der Waals surface area contributed by atoms with Gasteiger partial charge in [-0.2, -0.15) is 0 Å². The molecule has 1 heterocycles. The largest absolute Gasteiger partial charge is 0.455 e. The molecule has 0 bridgehead atoms. The average Bonchev–Trinajstić information content (AvgIpc) is 3.10. The van der Waals surface area contributed by atoms with Crippen molar-refractivity contribution < 1.29 is 23.9 Å². The summed E-state index contributed by atoms with van der Waals surface area (Å²) in [6.07, 6.45) is 0.0559. The highest BCUT2D eigenvalue weighted by atomic mass is 16.5. The summed E-state index contributed by atoms with van der Waals surface area (Å²) in [5.74, 6) is -1.88. The van der Waals surface area contributed by atoms with Gasteiger partial charge in [0.05, 0.1) is 5.92 Å². The average molecular weight is 408 g/mol. The number of ketones is 1. The number of carbonyl (C=O) groups excluding carboxylic acids is 4. The highest BCUT2D eigenvalue weighted by Gasteiger charge is 2.37. The summed E-state index contributed by atoms with van der Waals surface area (Å²) in [6.45, 7) is 5.16. The molecule has 3 rings (SSSR count). The lowest BCUT2D eigenvalue weighted by Crippen LogP contribution is -2.28. The van der Waals surface area contributed by atoms with E-state index in [9.17, 15) is 19.2 Å². The van der Waals surface area contributed by atoms with E-state index in [4.69, 9.17) is 4.74 Å². The summed E-state index contributed by atoms with van der Waals surface area (Å²) in [5.41, 5.74) is 3.90. The van der Waals surface area contributed by atoms with E-state index in [1.165, 1.54) is 6.92 Å². The summed E-state index contributed by atoms with van der Waals surface area (Å²) >= 11 is 0. The van der Waals surface area contributed by atoms with Crippen molar-refractivity contribution in [1.82, 2.24) is 0 Å². The number of hydrogen-bond acceptors (Lipinski definition) is 5. The lowest BCUT2D eigenvalue weighted by atomic mass is 10.1. The highest BCUT2D eigenvalue weighted by Crippen LogP contribution is 2.29. The number of aryl methyl sites for hydroxylation is 1. The van der Waals surface area contributed by atoms with Crippen molar-refractivity contribution >= 4 is 34.9 Å². The van der Waals surface area contributed by atoms with Gasteiger partial charge in [0.2, 0.25) is 5.91 Å². The minimum atomic E-state index is -0.611.